The Balaban J connectivity index is 0.000000312. The maximum absolute atomic E-state index is 11.9. The van der Waals surface area contributed by atoms with Crippen LogP contribution in [0, 0.1) is 0 Å². The van der Waals surface area contributed by atoms with Crippen LogP contribution in [0.4, 0.5) is 0 Å². The largest absolute Gasteiger partial charge is 2.00 e. The first-order chi connectivity index (χ1) is 34.2. The molecule has 0 unspecified atom stereocenters. The summed E-state index contributed by atoms with van der Waals surface area (Å²) in [6.45, 7) is 9.43. The van der Waals surface area contributed by atoms with E-state index in [9.17, 15) is 38.4 Å². The van der Waals surface area contributed by atoms with Gasteiger partial charge in [-0.2, -0.15) is 24.3 Å². The van der Waals surface area contributed by atoms with Crippen LogP contribution in [-0.4, -0.2) is 152 Å². The van der Waals surface area contributed by atoms with Crippen molar-refractivity contribution in [3.8, 4) is 0 Å². The van der Waals surface area contributed by atoms with Gasteiger partial charge in [-0.25, -0.2) is 33.6 Å². The average Bonchev–Trinajstić information content (AvgIpc) is 4.15. The number of hydrogen-bond donors (Lipinski definition) is 0. The zero-order valence-corrected chi connectivity index (χ0v) is 42.1. The first-order valence-electron chi connectivity index (χ1n) is 22.3. The van der Waals surface area contributed by atoms with Crippen LogP contribution in [0.1, 0.15) is 77.9 Å². The maximum Gasteiger partial charge on any atom is 2.00 e. The Morgan fingerprint density at radius 2 is 0.822 bits per heavy atom. The minimum Gasteiger partial charge on any atom is -0.463 e. The van der Waals surface area contributed by atoms with Gasteiger partial charge in [-0.05, 0) is 0 Å². The molecule has 0 spiro atoms. The molecule has 0 bridgehead atoms. The summed E-state index contributed by atoms with van der Waals surface area (Å²) < 4.78 is 68.9. The fourth-order valence-electron chi connectivity index (χ4n) is 7.36. The molecule has 4 heterocycles. The molecule has 0 N–H and O–H groups in total. The van der Waals surface area contributed by atoms with Crippen molar-refractivity contribution in [2.75, 3.05) is 13.2 Å². The number of aromatic nitrogens is 6. The molecule has 2 aliphatic rings. The number of ether oxygens (including phenoxy) is 12. The van der Waals surface area contributed by atoms with E-state index in [-0.39, 0.29) is 43.5 Å². The van der Waals surface area contributed by atoms with E-state index in [1.54, 1.807) is 21.8 Å². The van der Waals surface area contributed by atoms with Gasteiger partial charge in [0.15, 0.2) is 49.2 Å². The zero-order chi connectivity index (χ0) is 52.5. The van der Waals surface area contributed by atoms with E-state index in [4.69, 9.17) is 56.8 Å². The van der Waals surface area contributed by atoms with Crippen molar-refractivity contribution < 1.29 is 112 Å². The summed E-state index contributed by atoms with van der Waals surface area (Å²) in [6, 6.07) is 15.5. The van der Waals surface area contributed by atoms with Crippen LogP contribution in [0.5, 0.6) is 0 Å². The SMILES string of the molecule is CC(=O)OC[C@H]1O[C@@H](OCc2cn(Cc3ccc[cH-]3)nn2)[C@H](OC(C)=O)[C@@H](OC(C)=O)[C@@H]1OC(C)=O.CC(=O)OC[C@H]1O[C@@H](OCc2cn(Cc3ccc[cH-]3)nn2)[C@H](OC(C)=O)[C@@H](OC(C)=O)[C@@H]1OC(C)=O.[Fe+2]. The normalized spacial score (nSPS) is 23.2. The number of carbonyl (C=O) groups is 8. The van der Waals surface area contributed by atoms with Crippen molar-refractivity contribution in [1.29, 1.82) is 0 Å². The van der Waals surface area contributed by atoms with Crippen molar-refractivity contribution >= 4 is 47.8 Å². The van der Waals surface area contributed by atoms with Crippen LogP contribution in [0.15, 0.2) is 60.9 Å². The number of carbonyl (C=O) groups excluding carboxylic acids is 8. The van der Waals surface area contributed by atoms with Gasteiger partial charge in [0.1, 0.15) is 36.8 Å². The van der Waals surface area contributed by atoms with E-state index in [0.29, 0.717) is 24.5 Å². The molecule has 10 atom stereocenters. The second-order valence-corrected chi connectivity index (χ2v) is 16.2. The van der Waals surface area contributed by atoms with Gasteiger partial charge in [0.05, 0.1) is 25.6 Å². The van der Waals surface area contributed by atoms with Crippen LogP contribution in [-0.2, 0) is 139 Å². The molecule has 0 radical (unpaired) electrons. The van der Waals surface area contributed by atoms with Crippen LogP contribution in [0.25, 0.3) is 0 Å². The molecule has 398 valence electrons. The van der Waals surface area contributed by atoms with Crippen LogP contribution in [0.3, 0.4) is 0 Å². The molecule has 2 aromatic carbocycles. The quantitative estimate of drug-likeness (QED) is 0.0521. The number of nitrogens with zero attached hydrogens (tertiary/aromatic N) is 6. The molecule has 73 heavy (non-hydrogen) atoms. The summed E-state index contributed by atoms with van der Waals surface area (Å²) in [4.78, 5) is 93.9. The standard InChI is InChI=1S/2C23H28N3O10.Fe/c2*1-13(27)31-12-19-20(33-14(2)28)21(34-15(3)29)22(35-16(4)30)23(36-19)32-11-18-10-26(25-24-18)9-17-7-5-6-8-17;/h2*5-8,10,19-23H,9,11-12H2,1-4H3;/q2*-1;+2/t2*19-,20-,21+,22-,23-;/m11./s1. The summed E-state index contributed by atoms with van der Waals surface area (Å²) in [5.74, 6) is -5.51. The molecule has 2 fully saturated rings. The van der Waals surface area contributed by atoms with Crippen LogP contribution >= 0.6 is 0 Å². The van der Waals surface area contributed by atoms with Gasteiger partial charge < -0.3 is 56.8 Å². The summed E-state index contributed by atoms with van der Waals surface area (Å²) >= 11 is 0. The Morgan fingerprint density at radius 3 is 1.12 bits per heavy atom. The molecule has 0 amide bonds. The minimum atomic E-state index is -1.30. The first kappa shape index (κ1) is 58.7. The van der Waals surface area contributed by atoms with Crippen molar-refractivity contribution in [2.45, 2.75) is 143 Å². The summed E-state index contributed by atoms with van der Waals surface area (Å²) in [5, 5.41) is 16.3. The molecule has 0 aliphatic carbocycles. The Labute approximate surface area is 428 Å². The fourth-order valence-corrected chi connectivity index (χ4v) is 7.36. The van der Waals surface area contributed by atoms with Crippen LogP contribution < -0.4 is 0 Å². The number of esters is 8. The van der Waals surface area contributed by atoms with E-state index in [2.05, 4.69) is 20.6 Å². The maximum atomic E-state index is 11.9. The van der Waals surface area contributed by atoms with E-state index < -0.39 is 109 Å². The summed E-state index contributed by atoms with van der Waals surface area (Å²) in [5.41, 5.74) is 3.00. The Hall–Kier alpha value is -6.90. The van der Waals surface area contributed by atoms with Crippen molar-refractivity contribution in [1.82, 2.24) is 30.0 Å². The third-order valence-corrected chi connectivity index (χ3v) is 10.0. The molecular weight excluding hydrogens is 1010 g/mol. The van der Waals surface area contributed by atoms with Gasteiger partial charge in [-0.3, -0.25) is 38.4 Å². The second-order valence-electron chi connectivity index (χ2n) is 16.2. The van der Waals surface area contributed by atoms with Gasteiger partial charge in [-0.1, -0.05) is 10.4 Å². The van der Waals surface area contributed by atoms with Gasteiger partial charge >= 0.3 is 64.8 Å². The van der Waals surface area contributed by atoms with Gasteiger partial charge in [0.25, 0.3) is 0 Å². The molecule has 2 aliphatic heterocycles. The van der Waals surface area contributed by atoms with Crippen molar-refractivity contribution in [2.24, 2.45) is 0 Å². The monoisotopic (exact) mass is 1070 g/mol. The van der Waals surface area contributed by atoms with Gasteiger partial charge in [-0.15, -0.1) is 21.3 Å². The predicted molar refractivity (Wildman–Crippen MR) is 236 cm³/mol. The summed E-state index contributed by atoms with van der Waals surface area (Å²) in [6.07, 6.45) is -9.11. The molecule has 2 aromatic heterocycles. The van der Waals surface area contributed by atoms with Crippen molar-refractivity contribution in [3.63, 3.8) is 0 Å². The number of rotatable bonds is 20. The van der Waals surface area contributed by atoms with E-state index in [1.165, 1.54) is 13.8 Å². The molecule has 2 saturated heterocycles. The number of hydrogen-bond acceptors (Lipinski definition) is 24. The first-order valence-corrected chi connectivity index (χ1v) is 22.3. The molecule has 4 aromatic rings. The fraction of sp³-hybridized carbons (Fsp3) is 0.522. The van der Waals surface area contributed by atoms with Crippen LogP contribution in [0.2, 0.25) is 0 Å². The molecule has 6 rings (SSSR count). The third-order valence-electron chi connectivity index (χ3n) is 10.0. The molecular formula is C46H56FeN6O20. The van der Waals surface area contributed by atoms with E-state index >= 15 is 0 Å². The molecule has 26 nitrogen and oxygen atoms in total. The van der Waals surface area contributed by atoms with E-state index in [0.717, 1.165) is 52.7 Å². The molecule has 0 saturated carbocycles. The Morgan fingerprint density at radius 1 is 0.493 bits per heavy atom. The third kappa shape index (κ3) is 18.9. The van der Waals surface area contributed by atoms with Crippen molar-refractivity contribution in [3.05, 3.63) is 83.4 Å². The Kier molecular flexibility index (Phi) is 22.8. The van der Waals surface area contributed by atoms with Gasteiger partial charge in [0, 0.05) is 68.5 Å². The zero-order valence-electron chi connectivity index (χ0n) is 41.0. The van der Waals surface area contributed by atoms with E-state index in [1.807, 2.05) is 48.5 Å². The Bertz CT molecular complexity index is 2280. The molecule has 27 heteroatoms. The van der Waals surface area contributed by atoms with Gasteiger partial charge in [0.2, 0.25) is 0 Å². The predicted octanol–water partition coefficient (Wildman–Crippen LogP) is 1.29. The average molecular weight is 1070 g/mol. The topological polar surface area (TPSA) is 309 Å². The smallest absolute Gasteiger partial charge is 0.463 e. The minimum absolute atomic E-state index is 0. The summed E-state index contributed by atoms with van der Waals surface area (Å²) in [7, 11) is 0. The second kappa shape index (κ2) is 28.4.